The van der Waals surface area contributed by atoms with Crippen molar-refractivity contribution in [1.82, 2.24) is 20.2 Å². The predicted molar refractivity (Wildman–Crippen MR) is 68.2 cm³/mol. The molecule has 2 aromatic rings. The molecule has 19 heavy (non-hydrogen) atoms. The van der Waals surface area contributed by atoms with Gasteiger partial charge in [0.05, 0.1) is 12.8 Å². The van der Waals surface area contributed by atoms with Gasteiger partial charge in [-0.15, -0.1) is 5.10 Å². The summed E-state index contributed by atoms with van der Waals surface area (Å²) in [5.74, 6) is -0.181. The molecule has 2 rings (SSSR count). The third-order valence-corrected chi connectivity index (χ3v) is 3.36. The average Bonchev–Trinajstić information content (AvgIpc) is 2.86. The minimum Gasteiger partial charge on any atom is -0.508 e. The van der Waals surface area contributed by atoms with Gasteiger partial charge in [0.1, 0.15) is 11.0 Å². The second-order valence-corrected chi connectivity index (χ2v) is 4.98. The lowest BCUT2D eigenvalue weighted by atomic mass is 10.3. The number of hydrogen-bond acceptors (Lipinski definition) is 7. The van der Waals surface area contributed by atoms with E-state index in [1.807, 2.05) is 0 Å². The standard InChI is InChI=1S/C11H12N4O3S/c1-7(10(17)18-2)19-11-12-13-14-15(11)8-3-5-9(16)6-4-8/h3-7,16H,1-2H3. The number of nitrogens with zero attached hydrogens (tertiary/aromatic N) is 4. The number of aromatic nitrogens is 4. The maximum absolute atomic E-state index is 11.4. The van der Waals surface area contributed by atoms with Crippen molar-refractivity contribution in [3.8, 4) is 11.4 Å². The summed E-state index contributed by atoms with van der Waals surface area (Å²) in [6.45, 7) is 1.71. The summed E-state index contributed by atoms with van der Waals surface area (Å²) in [7, 11) is 1.34. The maximum Gasteiger partial charge on any atom is 0.318 e. The van der Waals surface area contributed by atoms with Crippen LogP contribution in [0.25, 0.3) is 5.69 Å². The fourth-order valence-corrected chi connectivity index (χ4v) is 2.21. The van der Waals surface area contributed by atoms with Crippen molar-refractivity contribution in [3.63, 3.8) is 0 Å². The molecule has 0 amide bonds. The number of carbonyl (C=O) groups excluding carboxylic acids is 1. The first-order valence-corrected chi connectivity index (χ1v) is 6.32. The third-order valence-electron chi connectivity index (χ3n) is 2.35. The molecule has 0 bridgehead atoms. The lowest BCUT2D eigenvalue weighted by Crippen LogP contribution is -2.15. The molecule has 1 aromatic heterocycles. The Bertz CT molecular complexity index is 570. The first-order valence-electron chi connectivity index (χ1n) is 5.44. The van der Waals surface area contributed by atoms with E-state index in [2.05, 4.69) is 20.3 Å². The Morgan fingerprint density at radius 1 is 1.42 bits per heavy atom. The Morgan fingerprint density at radius 2 is 2.11 bits per heavy atom. The molecule has 1 heterocycles. The normalized spacial score (nSPS) is 12.1. The summed E-state index contributed by atoms with van der Waals surface area (Å²) in [5, 5.41) is 20.6. The number of tetrazole rings is 1. The lowest BCUT2D eigenvalue weighted by molar-refractivity contribution is -0.139. The summed E-state index contributed by atoms with van der Waals surface area (Å²) in [5.41, 5.74) is 0.697. The van der Waals surface area contributed by atoms with Gasteiger partial charge in [-0.05, 0) is 41.6 Å². The second kappa shape index (κ2) is 5.70. The molecule has 0 saturated heterocycles. The van der Waals surface area contributed by atoms with Crippen molar-refractivity contribution in [2.45, 2.75) is 17.3 Å². The van der Waals surface area contributed by atoms with E-state index in [4.69, 9.17) is 0 Å². The van der Waals surface area contributed by atoms with Gasteiger partial charge in [0, 0.05) is 0 Å². The van der Waals surface area contributed by atoms with Crippen LogP contribution in [0.3, 0.4) is 0 Å². The van der Waals surface area contributed by atoms with Crippen LogP contribution in [0.15, 0.2) is 29.4 Å². The summed E-state index contributed by atoms with van der Waals surface area (Å²) < 4.78 is 6.14. The Labute approximate surface area is 113 Å². The van der Waals surface area contributed by atoms with Crippen LogP contribution in [0, 0.1) is 0 Å². The molecule has 100 valence electrons. The van der Waals surface area contributed by atoms with Crippen molar-refractivity contribution < 1.29 is 14.6 Å². The fraction of sp³-hybridized carbons (Fsp3) is 0.273. The molecule has 1 aromatic carbocycles. The maximum atomic E-state index is 11.4. The number of carbonyl (C=O) groups is 1. The number of ether oxygens (including phenoxy) is 1. The summed E-state index contributed by atoms with van der Waals surface area (Å²) in [6, 6.07) is 6.43. The molecule has 0 aliphatic heterocycles. The minimum atomic E-state index is -0.410. The highest BCUT2D eigenvalue weighted by Gasteiger charge is 2.19. The molecule has 0 radical (unpaired) electrons. The van der Waals surface area contributed by atoms with Crippen molar-refractivity contribution in [2.75, 3.05) is 7.11 Å². The van der Waals surface area contributed by atoms with E-state index in [9.17, 15) is 9.90 Å². The molecule has 0 spiro atoms. The molecule has 0 aliphatic carbocycles. The Morgan fingerprint density at radius 3 is 2.74 bits per heavy atom. The number of phenols is 1. The van der Waals surface area contributed by atoms with Gasteiger partial charge in [0.2, 0.25) is 5.16 Å². The van der Waals surface area contributed by atoms with Gasteiger partial charge >= 0.3 is 5.97 Å². The van der Waals surface area contributed by atoms with Crippen LogP contribution in [0.2, 0.25) is 0 Å². The van der Waals surface area contributed by atoms with E-state index in [1.54, 1.807) is 19.1 Å². The smallest absolute Gasteiger partial charge is 0.318 e. The second-order valence-electron chi connectivity index (χ2n) is 3.67. The van der Waals surface area contributed by atoms with Gasteiger partial charge in [0.25, 0.3) is 0 Å². The van der Waals surface area contributed by atoms with Crippen LogP contribution in [-0.4, -0.2) is 43.6 Å². The average molecular weight is 280 g/mol. The molecular formula is C11H12N4O3S. The molecular weight excluding hydrogens is 268 g/mol. The zero-order valence-electron chi connectivity index (χ0n) is 10.3. The first-order chi connectivity index (χ1) is 9.11. The van der Waals surface area contributed by atoms with E-state index < -0.39 is 5.25 Å². The van der Waals surface area contributed by atoms with Crippen molar-refractivity contribution in [2.24, 2.45) is 0 Å². The van der Waals surface area contributed by atoms with Crippen molar-refractivity contribution in [3.05, 3.63) is 24.3 Å². The molecule has 7 nitrogen and oxygen atoms in total. The number of hydrogen-bond donors (Lipinski definition) is 1. The highest BCUT2D eigenvalue weighted by atomic mass is 32.2. The number of esters is 1. The topological polar surface area (TPSA) is 90.1 Å². The molecule has 1 N–H and O–H groups in total. The summed E-state index contributed by atoms with van der Waals surface area (Å²) in [4.78, 5) is 11.4. The van der Waals surface area contributed by atoms with Gasteiger partial charge < -0.3 is 9.84 Å². The number of phenolic OH excluding ortho intramolecular Hbond substituents is 1. The Kier molecular flexibility index (Phi) is 4.00. The van der Waals surface area contributed by atoms with Crippen LogP contribution in [0.1, 0.15) is 6.92 Å². The fourth-order valence-electron chi connectivity index (χ4n) is 1.38. The van der Waals surface area contributed by atoms with Crippen LogP contribution in [0.5, 0.6) is 5.75 Å². The van der Waals surface area contributed by atoms with Gasteiger partial charge in [-0.25, -0.2) is 0 Å². The number of methoxy groups -OCH3 is 1. The highest BCUT2D eigenvalue weighted by molar-refractivity contribution is 8.00. The SMILES string of the molecule is COC(=O)C(C)Sc1nnnn1-c1ccc(O)cc1. The van der Waals surface area contributed by atoms with Crippen molar-refractivity contribution >= 4 is 17.7 Å². The molecule has 8 heteroatoms. The Hall–Kier alpha value is -2.09. The zero-order chi connectivity index (χ0) is 13.8. The monoisotopic (exact) mass is 280 g/mol. The lowest BCUT2D eigenvalue weighted by Gasteiger charge is -2.08. The quantitative estimate of drug-likeness (QED) is 0.660. The highest BCUT2D eigenvalue weighted by Crippen LogP contribution is 2.24. The number of aromatic hydroxyl groups is 1. The van der Waals surface area contributed by atoms with Gasteiger partial charge in [-0.2, -0.15) is 4.68 Å². The summed E-state index contributed by atoms with van der Waals surface area (Å²) in [6.07, 6.45) is 0. The van der Waals surface area contributed by atoms with Gasteiger partial charge in [-0.3, -0.25) is 4.79 Å². The largest absolute Gasteiger partial charge is 0.508 e. The van der Waals surface area contributed by atoms with Crippen LogP contribution in [0.4, 0.5) is 0 Å². The minimum absolute atomic E-state index is 0.161. The van der Waals surface area contributed by atoms with Gasteiger partial charge in [0.15, 0.2) is 0 Å². The molecule has 0 fully saturated rings. The van der Waals surface area contributed by atoms with E-state index in [-0.39, 0.29) is 11.7 Å². The molecule has 0 aliphatic rings. The van der Waals surface area contributed by atoms with Crippen LogP contribution >= 0.6 is 11.8 Å². The molecule has 0 saturated carbocycles. The van der Waals surface area contributed by atoms with Crippen LogP contribution in [-0.2, 0) is 9.53 Å². The van der Waals surface area contributed by atoms with E-state index >= 15 is 0 Å². The van der Waals surface area contributed by atoms with E-state index in [1.165, 1.54) is 35.7 Å². The third kappa shape index (κ3) is 3.02. The van der Waals surface area contributed by atoms with Gasteiger partial charge in [-0.1, -0.05) is 11.8 Å². The zero-order valence-corrected chi connectivity index (χ0v) is 11.2. The van der Waals surface area contributed by atoms with E-state index in [0.29, 0.717) is 10.8 Å². The number of thioether (sulfide) groups is 1. The molecule has 1 atom stereocenters. The predicted octanol–water partition coefficient (Wildman–Crippen LogP) is 1.02. The summed E-state index contributed by atoms with van der Waals surface area (Å²) >= 11 is 1.20. The Balaban J connectivity index is 2.22. The molecule has 1 unspecified atom stereocenters. The number of benzene rings is 1. The van der Waals surface area contributed by atoms with Crippen molar-refractivity contribution in [1.29, 1.82) is 0 Å². The van der Waals surface area contributed by atoms with Crippen LogP contribution < -0.4 is 0 Å². The number of rotatable bonds is 4. The first kappa shape index (κ1) is 13.3. The van der Waals surface area contributed by atoms with E-state index in [0.717, 1.165) is 0 Å².